The van der Waals surface area contributed by atoms with Gasteiger partial charge in [-0.3, -0.25) is 9.78 Å². The number of aromatic nitrogens is 1. The maximum absolute atomic E-state index is 13.0. The molecule has 3 rings (SSSR count). The molecule has 1 amide bonds. The number of nitrogens with one attached hydrogen (secondary N) is 2. The zero-order valence-electron chi connectivity index (χ0n) is 12.8. The molecule has 0 aliphatic rings. The van der Waals surface area contributed by atoms with Crippen molar-refractivity contribution in [3.8, 4) is 0 Å². The fourth-order valence-corrected chi connectivity index (χ4v) is 2.63. The van der Waals surface area contributed by atoms with Crippen molar-refractivity contribution < 1.29 is 9.18 Å². The van der Waals surface area contributed by atoms with Crippen molar-refractivity contribution in [1.29, 1.82) is 0 Å². The largest absolute Gasteiger partial charge is 0.354 e. The lowest BCUT2D eigenvalue weighted by molar-refractivity contribution is 0.102. The molecule has 0 aliphatic heterocycles. The quantitative estimate of drug-likeness (QED) is 0.630. The molecule has 0 saturated heterocycles. The zero-order chi connectivity index (χ0) is 17.8. The molecule has 0 fully saturated rings. The summed E-state index contributed by atoms with van der Waals surface area (Å²) in [6.45, 7) is 0. The van der Waals surface area contributed by atoms with Crippen molar-refractivity contribution in [1.82, 2.24) is 4.98 Å². The number of anilines is 3. The molecule has 3 aromatic rings. The number of benzene rings is 2. The van der Waals surface area contributed by atoms with E-state index in [9.17, 15) is 9.18 Å². The number of hydrogen-bond donors (Lipinski definition) is 2. The number of halogens is 3. The fourth-order valence-electron chi connectivity index (χ4n) is 2.14. The second kappa shape index (κ2) is 7.51. The molecule has 2 N–H and O–H groups in total. The zero-order valence-corrected chi connectivity index (χ0v) is 14.3. The molecule has 126 valence electrons. The first kappa shape index (κ1) is 17.2. The summed E-state index contributed by atoms with van der Waals surface area (Å²) in [6, 6.07) is 12.4. The third-order valence-corrected chi connectivity index (χ3v) is 3.96. The van der Waals surface area contributed by atoms with E-state index in [4.69, 9.17) is 23.2 Å². The van der Waals surface area contributed by atoms with Gasteiger partial charge >= 0.3 is 0 Å². The Morgan fingerprint density at radius 3 is 2.32 bits per heavy atom. The average Bonchev–Trinajstić information content (AvgIpc) is 2.60. The van der Waals surface area contributed by atoms with Gasteiger partial charge < -0.3 is 10.6 Å². The van der Waals surface area contributed by atoms with Gasteiger partial charge in [-0.15, -0.1) is 0 Å². The van der Waals surface area contributed by atoms with E-state index in [1.54, 1.807) is 42.6 Å². The van der Waals surface area contributed by atoms with E-state index in [-0.39, 0.29) is 5.82 Å². The third kappa shape index (κ3) is 4.26. The Labute approximate surface area is 153 Å². The van der Waals surface area contributed by atoms with Crippen LogP contribution in [0, 0.1) is 5.82 Å². The van der Waals surface area contributed by atoms with Gasteiger partial charge in [0.1, 0.15) is 5.82 Å². The van der Waals surface area contributed by atoms with Crippen LogP contribution in [-0.4, -0.2) is 10.9 Å². The molecule has 4 nitrogen and oxygen atoms in total. The summed E-state index contributed by atoms with van der Waals surface area (Å²) < 4.78 is 13.0. The number of amides is 1. The van der Waals surface area contributed by atoms with Crippen LogP contribution in [0.2, 0.25) is 10.0 Å². The van der Waals surface area contributed by atoms with Gasteiger partial charge in [-0.2, -0.15) is 0 Å². The van der Waals surface area contributed by atoms with Gasteiger partial charge in [-0.1, -0.05) is 29.3 Å². The Morgan fingerprint density at radius 2 is 1.64 bits per heavy atom. The van der Waals surface area contributed by atoms with Gasteiger partial charge in [0, 0.05) is 11.9 Å². The first-order chi connectivity index (χ1) is 12.0. The molecule has 1 aromatic heterocycles. The van der Waals surface area contributed by atoms with Crippen molar-refractivity contribution in [2.45, 2.75) is 0 Å². The topological polar surface area (TPSA) is 54.0 Å². The molecule has 2 aromatic carbocycles. The first-order valence-corrected chi connectivity index (χ1v) is 8.01. The van der Waals surface area contributed by atoms with Crippen molar-refractivity contribution in [3.63, 3.8) is 0 Å². The summed E-state index contributed by atoms with van der Waals surface area (Å²) in [5.41, 5.74) is 1.93. The van der Waals surface area contributed by atoms with E-state index in [0.29, 0.717) is 32.7 Å². The Balaban J connectivity index is 1.78. The van der Waals surface area contributed by atoms with Crippen molar-refractivity contribution in [2.24, 2.45) is 0 Å². The minimum Gasteiger partial charge on any atom is -0.354 e. The van der Waals surface area contributed by atoms with E-state index < -0.39 is 5.91 Å². The number of hydrogen-bond acceptors (Lipinski definition) is 3. The standard InChI is InChI=1S/C18H12Cl2FN3O/c19-15-2-1-3-16(20)17(15)24-18(25)11-8-14(10-22-9-11)23-13-6-4-12(21)5-7-13/h1-10,23H,(H,24,25). The number of carbonyl (C=O) groups excluding carboxylic acids is 1. The highest BCUT2D eigenvalue weighted by molar-refractivity contribution is 6.40. The summed E-state index contributed by atoms with van der Waals surface area (Å²) in [6.07, 6.45) is 2.98. The van der Waals surface area contributed by atoms with Crippen LogP contribution in [0.3, 0.4) is 0 Å². The molecule has 25 heavy (non-hydrogen) atoms. The second-order valence-electron chi connectivity index (χ2n) is 5.14. The third-order valence-electron chi connectivity index (χ3n) is 3.33. The van der Waals surface area contributed by atoms with Crippen molar-refractivity contribution >= 4 is 46.2 Å². The minimum absolute atomic E-state index is 0.322. The Bertz CT molecular complexity index is 896. The van der Waals surface area contributed by atoms with Crippen LogP contribution in [0.25, 0.3) is 0 Å². The molecule has 0 unspecified atom stereocenters. The molecular formula is C18H12Cl2FN3O. The number of nitrogens with zero attached hydrogens (tertiary/aromatic N) is 1. The molecule has 7 heteroatoms. The number of pyridine rings is 1. The predicted molar refractivity (Wildman–Crippen MR) is 98.3 cm³/mol. The van der Waals surface area contributed by atoms with Crippen LogP contribution in [0.1, 0.15) is 10.4 Å². The lowest BCUT2D eigenvalue weighted by Crippen LogP contribution is -2.13. The Kier molecular flexibility index (Phi) is 5.16. The highest BCUT2D eigenvalue weighted by atomic mass is 35.5. The first-order valence-electron chi connectivity index (χ1n) is 7.26. The SMILES string of the molecule is O=C(Nc1c(Cl)cccc1Cl)c1cncc(Nc2ccc(F)cc2)c1. The maximum atomic E-state index is 13.0. The summed E-state index contributed by atoms with van der Waals surface area (Å²) in [5.74, 6) is -0.723. The molecular weight excluding hydrogens is 364 g/mol. The lowest BCUT2D eigenvalue weighted by Gasteiger charge is -2.10. The van der Waals surface area contributed by atoms with E-state index in [1.807, 2.05) is 0 Å². The monoisotopic (exact) mass is 375 g/mol. The smallest absolute Gasteiger partial charge is 0.257 e. The summed E-state index contributed by atoms with van der Waals surface area (Å²) in [5, 5.41) is 6.41. The number of para-hydroxylation sites is 1. The maximum Gasteiger partial charge on any atom is 0.257 e. The summed E-state index contributed by atoms with van der Waals surface area (Å²) in [4.78, 5) is 16.5. The van der Waals surface area contributed by atoms with Crippen LogP contribution >= 0.6 is 23.2 Å². The molecule has 0 saturated carbocycles. The fraction of sp³-hybridized carbons (Fsp3) is 0. The Hall–Kier alpha value is -2.63. The highest BCUT2D eigenvalue weighted by Crippen LogP contribution is 2.30. The number of rotatable bonds is 4. The van der Waals surface area contributed by atoms with Crippen LogP contribution in [0.15, 0.2) is 60.9 Å². The van der Waals surface area contributed by atoms with Gasteiger partial charge in [0.25, 0.3) is 5.91 Å². The van der Waals surface area contributed by atoms with Crippen LogP contribution in [0.4, 0.5) is 21.5 Å². The average molecular weight is 376 g/mol. The van der Waals surface area contributed by atoms with Crippen molar-refractivity contribution in [2.75, 3.05) is 10.6 Å². The lowest BCUT2D eigenvalue weighted by atomic mass is 10.2. The molecule has 0 atom stereocenters. The number of carbonyl (C=O) groups is 1. The van der Waals surface area contributed by atoms with Gasteiger partial charge in [0.05, 0.1) is 33.2 Å². The second-order valence-corrected chi connectivity index (χ2v) is 5.96. The van der Waals surface area contributed by atoms with Crippen LogP contribution in [0.5, 0.6) is 0 Å². The molecule has 0 spiro atoms. The molecule has 1 heterocycles. The highest BCUT2D eigenvalue weighted by Gasteiger charge is 2.12. The molecule has 0 bridgehead atoms. The minimum atomic E-state index is -0.398. The van der Waals surface area contributed by atoms with Gasteiger partial charge in [-0.25, -0.2) is 4.39 Å². The van der Waals surface area contributed by atoms with Crippen LogP contribution < -0.4 is 10.6 Å². The van der Waals surface area contributed by atoms with E-state index >= 15 is 0 Å². The Morgan fingerprint density at radius 1 is 0.960 bits per heavy atom. The predicted octanol–water partition coefficient (Wildman–Crippen LogP) is 5.52. The van der Waals surface area contributed by atoms with E-state index in [2.05, 4.69) is 15.6 Å². The molecule has 0 radical (unpaired) electrons. The van der Waals surface area contributed by atoms with Crippen LogP contribution in [-0.2, 0) is 0 Å². The van der Waals surface area contributed by atoms with E-state index in [1.165, 1.54) is 18.3 Å². The molecule has 0 aliphatic carbocycles. The van der Waals surface area contributed by atoms with Gasteiger partial charge in [0.15, 0.2) is 0 Å². The summed E-state index contributed by atoms with van der Waals surface area (Å²) >= 11 is 12.1. The summed E-state index contributed by atoms with van der Waals surface area (Å²) in [7, 11) is 0. The van der Waals surface area contributed by atoms with Gasteiger partial charge in [-0.05, 0) is 42.5 Å². The normalized spacial score (nSPS) is 10.4. The van der Waals surface area contributed by atoms with Gasteiger partial charge in [0.2, 0.25) is 0 Å². The van der Waals surface area contributed by atoms with Crippen molar-refractivity contribution in [3.05, 3.63) is 82.4 Å². The van der Waals surface area contributed by atoms with E-state index in [0.717, 1.165) is 0 Å².